The van der Waals surface area contributed by atoms with Crippen molar-refractivity contribution in [3.05, 3.63) is 23.9 Å². The number of nitrogens with one attached hydrogen (secondary N) is 1. The molecule has 7 heteroatoms. The van der Waals surface area contributed by atoms with Gasteiger partial charge in [-0.3, -0.25) is 9.59 Å². The molecule has 1 aromatic heterocycles. The van der Waals surface area contributed by atoms with E-state index in [1.807, 2.05) is 0 Å². The van der Waals surface area contributed by atoms with Gasteiger partial charge in [-0.15, -0.1) is 0 Å². The Bertz CT molecular complexity index is 500. The first-order valence-corrected chi connectivity index (χ1v) is 6.37. The van der Waals surface area contributed by atoms with Crippen LogP contribution in [0.1, 0.15) is 23.7 Å². The van der Waals surface area contributed by atoms with E-state index in [-0.39, 0.29) is 6.10 Å². The minimum atomic E-state index is -0.733. The largest absolute Gasteiger partial charge is 0.472 e. The van der Waals surface area contributed by atoms with Crippen molar-refractivity contribution in [2.75, 3.05) is 13.2 Å². The van der Waals surface area contributed by atoms with Gasteiger partial charge in [0, 0.05) is 24.2 Å². The molecule has 1 aliphatic heterocycles. The second-order valence-electron chi connectivity index (χ2n) is 4.58. The van der Waals surface area contributed by atoms with Gasteiger partial charge in [0.2, 0.25) is 11.8 Å². The van der Waals surface area contributed by atoms with Crippen LogP contribution in [0.5, 0.6) is 5.88 Å². The van der Waals surface area contributed by atoms with E-state index < -0.39 is 17.9 Å². The Labute approximate surface area is 116 Å². The summed E-state index contributed by atoms with van der Waals surface area (Å²) in [7, 11) is 0. The van der Waals surface area contributed by atoms with E-state index in [1.165, 1.54) is 19.2 Å². The van der Waals surface area contributed by atoms with Crippen LogP contribution in [-0.2, 0) is 9.53 Å². The molecule has 2 amide bonds. The van der Waals surface area contributed by atoms with E-state index in [0.29, 0.717) is 24.7 Å². The highest BCUT2D eigenvalue weighted by Gasteiger charge is 2.19. The molecule has 2 unspecified atom stereocenters. The van der Waals surface area contributed by atoms with E-state index in [9.17, 15) is 9.59 Å². The molecule has 3 N–H and O–H groups in total. The molecular weight excluding hydrogens is 262 g/mol. The highest BCUT2D eigenvalue weighted by molar-refractivity contribution is 5.97. The van der Waals surface area contributed by atoms with Crippen molar-refractivity contribution >= 4 is 11.8 Å². The molecule has 20 heavy (non-hydrogen) atoms. The number of nitrogens with zero attached hydrogens (tertiary/aromatic N) is 1. The third kappa shape index (κ3) is 3.67. The zero-order valence-corrected chi connectivity index (χ0v) is 11.2. The van der Waals surface area contributed by atoms with Crippen molar-refractivity contribution in [2.24, 2.45) is 5.73 Å². The van der Waals surface area contributed by atoms with Gasteiger partial charge in [-0.1, -0.05) is 0 Å². The van der Waals surface area contributed by atoms with Crippen LogP contribution in [0.2, 0.25) is 0 Å². The summed E-state index contributed by atoms with van der Waals surface area (Å²) in [5.41, 5.74) is 5.46. The van der Waals surface area contributed by atoms with Crippen LogP contribution < -0.4 is 15.8 Å². The van der Waals surface area contributed by atoms with Gasteiger partial charge in [0.1, 0.15) is 12.1 Å². The van der Waals surface area contributed by atoms with Gasteiger partial charge >= 0.3 is 0 Å². The molecule has 0 aliphatic carbocycles. The van der Waals surface area contributed by atoms with Gasteiger partial charge in [-0.05, 0) is 13.0 Å². The standard InChI is InChI=1S/C13H17N3O4/c1-8(12(14)17)16-13(18)9-2-4-15-11(6-9)20-10-3-5-19-7-10/h2,4,6,8,10H,3,5,7H2,1H3,(H2,14,17)(H,16,18). The number of carbonyl (C=O) groups excluding carboxylic acids is 2. The molecule has 7 nitrogen and oxygen atoms in total. The molecule has 2 rings (SSSR count). The Kier molecular flexibility index (Phi) is 4.52. The maximum absolute atomic E-state index is 11.9. The number of hydrogen-bond donors (Lipinski definition) is 2. The molecule has 1 aromatic rings. The number of pyridine rings is 1. The molecule has 1 aliphatic rings. The van der Waals surface area contributed by atoms with Gasteiger partial charge in [-0.2, -0.15) is 0 Å². The van der Waals surface area contributed by atoms with E-state index in [0.717, 1.165) is 6.42 Å². The fraction of sp³-hybridized carbons (Fsp3) is 0.462. The SMILES string of the molecule is CC(NC(=O)c1ccnc(OC2CCOC2)c1)C(N)=O. The zero-order chi connectivity index (χ0) is 14.5. The summed E-state index contributed by atoms with van der Waals surface area (Å²) in [5, 5.41) is 2.49. The summed E-state index contributed by atoms with van der Waals surface area (Å²) < 4.78 is 10.8. The molecule has 2 atom stereocenters. The van der Waals surface area contributed by atoms with Crippen LogP contribution in [0.3, 0.4) is 0 Å². The van der Waals surface area contributed by atoms with Crippen LogP contribution >= 0.6 is 0 Å². The molecule has 0 aromatic carbocycles. The Morgan fingerprint density at radius 1 is 1.60 bits per heavy atom. The number of aromatic nitrogens is 1. The topological polar surface area (TPSA) is 104 Å². The zero-order valence-electron chi connectivity index (χ0n) is 11.2. The third-order valence-corrected chi connectivity index (χ3v) is 2.95. The first kappa shape index (κ1) is 14.3. The Hall–Kier alpha value is -2.15. The minimum Gasteiger partial charge on any atom is -0.472 e. The molecule has 1 fully saturated rings. The molecule has 0 radical (unpaired) electrons. The second-order valence-corrected chi connectivity index (χ2v) is 4.58. The van der Waals surface area contributed by atoms with Crippen molar-refractivity contribution < 1.29 is 19.1 Å². The lowest BCUT2D eigenvalue weighted by molar-refractivity contribution is -0.119. The number of amides is 2. The van der Waals surface area contributed by atoms with Crippen LogP contribution in [0.4, 0.5) is 0 Å². The number of primary amides is 1. The van der Waals surface area contributed by atoms with Crippen molar-refractivity contribution in [3.8, 4) is 5.88 Å². The Balaban J connectivity index is 2.01. The van der Waals surface area contributed by atoms with Gasteiger partial charge < -0.3 is 20.5 Å². The number of carbonyl (C=O) groups is 2. The predicted octanol–water partition coefficient (Wildman–Crippen LogP) is -0.147. The molecule has 108 valence electrons. The molecular formula is C13H17N3O4. The minimum absolute atomic E-state index is 0.0367. The van der Waals surface area contributed by atoms with Crippen molar-refractivity contribution in [1.29, 1.82) is 0 Å². The average Bonchev–Trinajstić information content (AvgIpc) is 2.91. The van der Waals surface area contributed by atoms with E-state index in [4.69, 9.17) is 15.2 Å². The van der Waals surface area contributed by atoms with Crippen LogP contribution in [0, 0.1) is 0 Å². The normalized spacial score (nSPS) is 19.4. The number of rotatable bonds is 5. The Morgan fingerprint density at radius 3 is 3.05 bits per heavy atom. The molecule has 0 bridgehead atoms. The average molecular weight is 279 g/mol. The van der Waals surface area contributed by atoms with Crippen LogP contribution in [0.15, 0.2) is 18.3 Å². The van der Waals surface area contributed by atoms with Crippen LogP contribution in [-0.4, -0.2) is 42.2 Å². The van der Waals surface area contributed by atoms with Crippen molar-refractivity contribution in [3.63, 3.8) is 0 Å². The summed E-state index contributed by atoms with van der Waals surface area (Å²) >= 11 is 0. The van der Waals surface area contributed by atoms with Gasteiger partial charge in [0.05, 0.1) is 13.2 Å². The number of ether oxygens (including phenoxy) is 2. The number of nitrogens with two attached hydrogens (primary N) is 1. The summed E-state index contributed by atoms with van der Waals surface area (Å²) in [4.78, 5) is 26.9. The smallest absolute Gasteiger partial charge is 0.252 e. The first-order chi connectivity index (χ1) is 9.56. The summed E-state index contributed by atoms with van der Waals surface area (Å²) in [6.45, 7) is 2.71. The second kappa shape index (κ2) is 6.33. The Morgan fingerprint density at radius 2 is 2.40 bits per heavy atom. The molecule has 2 heterocycles. The predicted molar refractivity (Wildman–Crippen MR) is 70.2 cm³/mol. The molecule has 0 saturated carbocycles. The van der Waals surface area contributed by atoms with Gasteiger partial charge in [0.15, 0.2) is 0 Å². The molecule has 1 saturated heterocycles. The highest BCUT2D eigenvalue weighted by atomic mass is 16.5. The monoisotopic (exact) mass is 279 g/mol. The summed E-state index contributed by atoms with van der Waals surface area (Å²) in [5.74, 6) is -0.627. The fourth-order valence-corrected chi connectivity index (χ4v) is 1.74. The summed E-state index contributed by atoms with van der Waals surface area (Å²) in [6, 6.07) is 2.34. The quantitative estimate of drug-likeness (QED) is 0.780. The first-order valence-electron chi connectivity index (χ1n) is 6.37. The highest BCUT2D eigenvalue weighted by Crippen LogP contribution is 2.15. The lowest BCUT2D eigenvalue weighted by Crippen LogP contribution is -2.42. The molecule has 0 spiro atoms. The van der Waals surface area contributed by atoms with Crippen molar-refractivity contribution in [2.45, 2.75) is 25.5 Å². The summed E-state index contributed by atoms with van der Waals surface area (Å²) in [6.07, 6.45) is 2.25. The maximum Gasteiger partial charge on any atom is 0.252 e. The van der Waals surface area contributed by atoms with Gasteiger partial charge in [-0.25, -0.2) is 4.98 Å². The lowest BCUT2D eigenvalue weighted by atomic mass is 10.2. The maximum atomic E-state index is 11.9. The third-order valence-electron chi connectivity index (χ3n) is 2.95. The lowest BCUT2D eigenvalue weighted by Gasteiger charge is -2.13. The van der Waals surface area contributed by atoms with E-state index in [1.54, 1.807) is 6.07 Å². The van der Waals surface area contributed by atoms with Crippen LogP contribution in [0.25, 0.3) is 0 Å². The fourth-order valence-electron chi connectivity index (χ4n) is 1.74. The van der Waals surface area contributed by atoms with E-state index >= 15 is 0 Å². The van der Waals surface area contributed by atoms with Crippen molar-refractivity contribution in [1.82, 2.24) is 10.3 Å². The van der Waals surface area contributed by atoms with E-state index in [2.05, 4.69) is 10.3 Å². The number of hydrogen-bond acceptors (Lipinski definition) is 5. The van der Waals surface area contributed by atoms with Gasteiger partial charge in [0.25, 0.3) is 5.91 Å².